The van der Waals surface area contributed by atoms with Crippen LogP contribution in [0.15, 0.2) is 22.5 Å². The van der Waals surface area contributed by atoms with Crippen LogP contribution in [0.5, 0.6) is 0 Å². The highest BCUT2D eigenvalue weighted by atomic mass is 32.2. The minimum Gasteiger partial charge on any atom is -0.343 e. The van der Waals surface area contributed by atoms with Crippen molar-refractivity contribution >= 4 is 27.3 Å². The molecule has 1 atom stereocenters. The smallest absolute Gasteiger partial charge is 0.255 e. The zero-order valence-electron chi connectivity index (χ0n) is 12.4. The molecule has 2 aromatic heterocycles. The Balaban J connectivity index is 1.91. The van der Waals surface area contributed by atoms with Gasteiger partial charge in [-0.05, 0) is 18.4 Å². The van der Waals surface area contributed by atoms with Crippen LogP contribution in [-0.4, -0.2) is 42.0 Å². The summed E-state index contributed by atoms with van der Waals surface area (Å²) in [6.07, 6.45) is 1.52. The van der Waals surface area contributed by atoms with Gasteiger partial charge in [-0.1, -0.05) is 0 Å². The first-order chi connectivity index (χ1) is 10.3. The second kappa shape index (κ2) is 5.18. The first-order valence-corrected chi connectivity index (χ1v) is 8.97. The number of rotatable bonds is 2. The Morgan fingerprint density at radius 2 is 2.18 bits per heavy atom. The maximum absolute atomic E-state index is 12.4. The third kappa shape index (κ3) is 2.25. The maximum Gasteiger partial charge on any atom is 0.255 e. The average molecular weight is 340 g/mol. The molecule has 0 bridgehead atoms. The Morgan fingerprint density at radius 3 is 2.82 bits per heavy atom. The van der Waals surface area contributed by atoms with Crippen LogP contribution >= 0.6 is 11.3 Å². The molecule has 3 rings (SSSR count). The van der Waals surface area contributed by atoms with E-state index in [1.807, 2.05) is 6.92 Å². The number of carbonyl (C=O) groups excluding carboxylic acids is 1. The first kappa shape index (κ1) is 15.2. The molecule has 0 saturated carbocycles. The number of fused-ring (bicyclic) bond motifs is 1. The summed E-state index contributed by atoms with van der Waals surface area (Å²) in [6.45, 7) is 2.04. The summed E-state index contributed by atoms with van der Waals surface area (Å²) in [4.78, 5) is 13.4. The molecular formula is C13H16N4O3S2. The van der Waals surface area contributed by atoms with Crippen molar-refractivity contribution < 1.29 is 13.2 Å². The largest absolute Gasteiger partial charge is 0.343 e. The van der Waals surface area contributed by atoms with Crippen LogP contribution in [0, 0.1) is 6.92 Å². The summed E-state index contributed by atoms with van der Waals surface area (Å²) in [6, 6.07) is 1.23. The molecule has 1 N–H and O–H groups in total. The van der Waals surface area contributed by atoms with Crippen LogP contribution in [0.4, 0.5) is 0 Å². The number of carbonyl (C=O) groups is 1. The minimum absolute atomic E-state index is 0.223. The molecule has 0 radical (unpaired) electrons. The van der Waals surface area contributed by atoms with E-state index in [0.29, 0.717) is 10.4 Å². The molecule has 2 aromatic rings. The summed E-state index contributed by atoms with van der Waals surface area (Å²) in [5.41, 5.74) is 1.26. The second-order valence-electron chi connectivity index (χ2n) is 5.23. The Hall–Kier alpha value is -1.71. The van der Waals surface area contributed by atoms with Crippen molar-refractivity contribution in [2.45, 2.75) is 17.9 Å². The van der Waals surface area contributed by atoms with E-state index in [1.54, 1.807) is 23.2 Å². The molecule has 0 saturated heterocycles. The minimum atomic E-state index is -3.44. The van der Waals surface area contributed by atoms with Crippen LogP contribution in [0.3, 0.4) is 0 Å². The lowest BCUT2D eigenvalue weighted by Gasteiger charge is -2.29. The molecule has 1 aliphatic rings. The number of hydrogen-bond acceptors (Lipinski definition) is 5. The van der Waals surface area contributed by atoms with Crippen molar-refractivity contribution in [1.82, 2.24) is 19.4 Å². The molecule has 0 fully saturated rings. The molecule has 1 amide bonds. The van der Waals surface area contributed by atoms with Gasteiger partial charge in [0, 0.05) is 31.2 Å². The third-order valence-electron chi connectivity index (χ3n) is 3.89. The lowest BCUT2D eigenvalue weighted by atomic mass is 10.2. The van der Waals surface area contributed by atoms with Gasteiger partial charge in [0.25, 0.3) is 5.91 Å². The van der Waals surface area contributed by atoms with Crippen LogP contribution in [0.1, 0.15) is 27.0 Å². The van der Waals surface area contributed by atoms with Crippen molar-refractivity contribution in [2.75, 3.05) is 13.6 Å². The van der Waals surface area contributed by atoms with Crippen LogP contribution in [-0.2, 0) is 17.1 Å². The SMILES string of the molecule is Cc1c(C(=O)N[C@@H]2CN(C)S(=O)(=O)c3ccsc32)cnn1C. The van der Waals surface area contributed by atoms with Crippen molar-refractivity contribution in [3.8, 4) is 0 Å². The Kier molecular flexibility index (Phi) is 3.58. The highest BCUT2D eigenvalue weighted by molar-refractivity contribution is 7.89. The summed E-state index contributed by atoms with van der Waals surface area (Å²) in [5, 5.41) is 8.70. The van der Waals surface area contributed by atoms with E-state index in [-0.39, 0.29) is 23.4 Å². The van der Waals surface area contributed by atoms with Crippen molar-refractivity contribution in [2.24, 2.45) is 7.05 Å². The van der Waals surface area contributed by atoms with Gasteiger partial charge in [-0.2, -0.15) is 9.40 Å². The lowest BCUT2D eigenvalue weighted by Crippen LogP contribution is -2.42. The Bertz CT molecular complexity index is 837. The number of nitrogens with one attached hydrogen (secondary N) is 1. The van der Waals surface area contributed by atoms with Gasteiger partial charge in [0.05, 0.1) is 22.7 Å². The predicted molar refractivity (Wildman–Crippen MR) is 82.3 cm³/mol. The van der Waals surface area contributed by atoms with E-state index in [2.05, 4.69) is 10.4 Å². The fourth-order valence-electron chi connectivity index (χ4n) is 2.45. The molecule has 0 aliphatic carbocycles. The first-order valence-electron chi connectivity index (χ1n) is 6.65. The zero-order valence-corrected chi connectivity index (χ0v) is 14.0. The summed E-state index contributed by atoms with van der Waals surface area (Å²) >= 11 is 1.34. The van der Waals surface area contributed by atoms with Crippen LogP contribution < -0.4 is 5.32 Å². The molecule has 9 heteroatoms. The Morgan fingerprint density at radius 1 is 1.45 bits per heavy atom. The number of nitrogens with zero attached hydrogens (tertiary/aromatic N) is 3. The summed E-state index contributed by atoms with van der Waals surface area (Å²) in [5.74, 6) is -0.248. The van der Waals surface area contributed by atoms with Gasteiger partial charge >= 0.3 is 0 Å². The second-order valence-corrected chi connectivity index (χ2v) is 8.19. The number of amides is 1. The maximum atomic E-state index is 12.4. The highest BCUT2D eigenvalue weighted by Crippen LogP contribution is 2.35. The van der Waals surface area contributed by atoms with Gasteiger partial charge in [-0.25, -0.2) is 8.42 Å². The molecule has 7 nitrogen and oxygen atoms in total. The van der Waals surface area contributed by atoms with Gasteiger partial charge in [-0.15, -0.1) is 11.3 Å². The van der Waals surface area contributed by atoms with E-state index >= 15 is 0 Å². The highest BCUT2D eigenvalue weighted by Gasteiger charge is 2.36. The molecule has 0 spiro atoms. The monoisotopic (exact) mass is 340 g/mol. The topological polar surface area (TPSA) is 84.3 Å². The van der Waals surface area contributed by atoms with E-state index < -0.39 is 10.0 Å². The molecule has 3 heterocycles. The van der Waals surface area contributed by atoms with Gasteiger partial charge in [0.2, 0.25) is 10.0 Å². The van der Waals surface area contributed by atoms with E-state index in [0.717, 1.165) is 5.69 Å². The van der Waals surface area contributed by atoms with Gasteiger partial charge in [0.15, 0.2) is 0 Å². The normalized spacial score (nSPS) is 20.6. The molecule has 22 heavy (non-hydrogen) atoms. The van der Waals surface area contributed by atoms with Gasteiger partial charge in [-0.3, -0.25) is 9.48 Å². The number of thiophene rings is 1. The molecule has 118 valence electrons. The quantitative estimate of drug-likeness (QED) is 0.880. The van der Waals surface area contributed by atoms with Crippen LogP contribution in [0.2, 0.25) is 0 Å². The number of hydrogen-bond donors (Lipinski definition) is 1. The third-order valence-corrected chi connectivity index (χ3v) is 6.93. The van der Waals surface area contributed by atoms with Crippen molar-refractivity contribution in [3.05, 3.63) is 33.8 Å². The summed E-state index contributed by atoms with van der Waals surface area (Å²) < 4.78 is 27.4. The molecular weight excluding hydrogens is 324 g/mol. The standard InChI is InChI=1S/C13H16N4O3S2/c1-8-9(6-14-17(8)3)13(18)15-10-7-16(2)22(19,20)11-4-5-21-12(10)11/h4-6,10H,7H2,1-3H3,(H,15,18)/t10-/m1/s1. The van der Waals surface area contributed by atoms with Gasteiger partial charge < -0.3 is 5.32 Å². The van der Waals surface area contributed by atoms with Gasteiger partial charge in [0.1, 0.15) is 0 Å². The van der Waals surface area contributed by atoms with Crippen molar-refractivity contribution in [1.29, 1.82) is 0 Å². The van der Waals surface area contributed by atoms with Crippen LogP contribution in [0.25, 0.3) is 0 Å². The van der Waals surface area contributed by atoms with E-state index in [4.69, 9.17) is 0 Å². The number of sulfonamides is 1. The Labute approximate surface area is 132 Å². The summed E-state index contributed by atoms with van der Waals surface area (Å²) in [7, 11) is -0.152. The fraction of sp³-hybridized carbons (Fsp3) is 0.385. The zero-order chi connectivity index (χ0) is 16.1. The number of likely N-dealkylation sites (N-methyl/N-ethyl adjacent to an activating group) is 1. The number of aromatic nitrogens is 2. The average Bonchev–Trinajstić information content (AvgIpc) is 3.06. The number of aryl methyl sites for hydroxylation is 1. The predicted octanol–water partition coefficient (Wildman–Crippen LogP) is 0.895. The van der Waals surface area contributed by atoms with Crippen molar-refractivity contribution in [3.63, 3.8) is 0 Å². The molecule has 0 aromatic carbocycles. The van der Waals surface area contributed by atoms with E-state index in [9.17, 15) is 13.2 Å². The lowest BCUT2D eigenvalue weighted by molar-refractivity contribution is 0.0931. The fourth-order valence-corrected chi connectivity index (χ4v) is 5.15. The molecule has 0 unspecified atom stereocenters. The van der Waals surface area contributed by atoms with E-state index in [1.165, 1.54) is 28.9 Å². The molecule has 1 aliphatic heterocycles.